The molecule has 0 spiro atoms. The monoisotopic (exact) mass is 416 g/mol. The van der Waals surface area contributed by atoms with E-state index in [1.165, 1.54) is 13.4 Å². The number of para-hydroxylation sites is 1. The van der Waals surface area contributed by atoms with E-state index in [1.54, 1.807) is 36.5 Å². The van der Waals surface area contributed by atoms with Crippen molar-refractivity contribution in [1.82, 2.24) is 15.0 Å². The summed E-state index contributed by atoms with van der Waals surface area (Å²) >= 11 is 0. The number of nitrogens with zero attached hydrogens (tertiary/aromatic N) is 4. The van der Waals surface area contributed by atoms with Crippen LogP contribution in [0.3, 0.4) is 0 Å². The summed E-state index contributed by atoms with van der Waals surface area (Å²) in [5, 5.41) is 18.6. The third kappa shape index (κ3) is 4.08. The summed E-state index contributed by atoms with van der Waals surface area (Å²) in [6.07, 6.45) is 2.87. The van der Waals surface area contributed by atoms with Gasteiger partial charge >= 0.3 is 11.7 Å². The third-order valence-electron chi connectivity index (χ3n) is 4.46. The molecule has 2 aromatic heterocycles. The average molecular weight is 416 g/mol. The van der Waals surface area contributed by atoms with Crippen molar-refractivity contribution in [3.05, 3.63) is 82.8 Å². The number of pyridine rings is 1. The van der Waals surface area contributed by atoms with Crippen LogP contribution in [0.2, 0.25) is 0 Å². The number of nitro groups is 1. The normalized spacial score (nSPS) is 10.5. The number of aromatic nitrogens is 3. The van der Waals surface area contributed by atoms with Crippen molar-refractivity contribution >= 4 is 45.6 Å². The summed E-state index contributed by atoms with van der Waals surface area (Å²) in [7, 11) is 1.29. The van der Waals surface area contributed by atoms with Crippen LogP contribution in [-0.4, -0.2) is 33.0 Å². The van der Waals surface area contributed by atoms with Gasteiger partial charge in [-0.2, -0.15) is 0 Å². The second-order valence-electron chi connectivity index (χ2n) is 6.38. The van der Waals surface area contributed by atoms with Crippen LogP contribution in [-0.2, 0) is 4.74 Å². The van der Waals surface area contributed by atoms with Crippen molar-refractivity contribution in [2.45, 2.75) is 0 Å². The molecule has 4 aromatic rings. The van der Waals surface area contributed by atoms with Gasteiger partial charge in [0.1, 0.15) is 6.33 Å². The van der Waals surface area contributed by atoms with E-state index in [0.717, 1.165) is 5.39 Å². The highest BCUT2D eigenvalue weighted by molar-refractivity contribution is 5.93. The van der Waals surface area contributed by atoms with Gasteiger partial charge in [-0.25, -0.2) is 14.8 Å². The highest BCUT2D eigenvalue weighted by atomic mass is 16.6. The lowest BCUT2D eigenvalue weighted by molar-refractivity contribution is -0.383. The number of esters is 1. The highest BCUT2D eigenvalue weighted by Crippen LogP contribution is 2.34. The molecular weight excluding hydrogens is 400 g/mol. The lowest BCUT2D eigenvalue weighted by Crippen LogP contribution is -2.06. The molecule has 0 unspecified atom stereocenters. The van der Waals surface area contributed by atoms with Gasteiger partial charge in [-0.3, -0.25) is 15.1 Å². The van der Waals surface area contributed by atoms with Gasteiger partial charge in [-0.05, 0) is 36.4 Å². The Morgan fingerprint density at radius 3 is 2.39 bits per heavy atom. The van der Waals surface area contributed by atoms with Crippen molar-refractivity contribution in [3.63, 3.8) is 0 Å². The van der Waals surface area contributed by atoms with Crippen LogP contribution < -0.4 is 10.6 Å². The van der Waals surface area contributed by atoms with E-state index >= 15 is 0 Å². The Labute approximate surface area is 176 Å². The molecule has 0 fully saturated rings. The van der Waals surface area contributed by atoms with Crippen LogP contribution in [0.5, 0.6) is 0 Å². The molecule has 0 bridgehead atoms. The molecule has 0 aliphatic carbocycles. The summed E-state index contributed by atoms with van der Waals surface area (Å²) in [6.45, 7) is 0. The number of rotatable bonds is 6. The van der Waals surface area contributed by atoms with Gasteiger partial charge in [-0.15, -0.1) is 0 Å². The Morgan fingerprint density at radius 2 is 1.68 bits per heavy atom. The third-order valence-corrected chi connectivity index (χ3v) is 4.46. The van der Waals surface area contributed by atoms with Gasteiger partial charge in [-0.1, -0.05) is 18.2 Å². The van der Waals surface area contributed by atoms with Gasteiger partial charge in [0, 0.05) is 17.3 Å². The van der Waals surface area contributed by atoms with E-state index in [2.05, 4.69) is 30.3 Å². The largest absolute Gasteiger partial charge is 0.465 e. The Bertz CT molecular complexity index is 1270. The highest BCUT2D eigenvalue weighted by Gasteiger charge is 2.24. The van der Waals surface area contributed by atoms with Crippen molar-refractivity contribution in [1.29, 1.82) is 0 Å². The molecule has 10 nitrogen and oxygen atoms in total. The number of ether oxygens (including phenoxy) is 1. The number of fused-ring (bicyclic) bond motifs is 1. The van der Waals surface area contributed by atoms with E-state index in [9.17, 15) is 14.9 Å². The number of carbonyl (C=O) groups is 1. The molecule has 31 heavy (non-hydrogen) atoms. The minimum Gasteiger partial charge on any atom is -0.465 e. The molecule has 10 heteroatoms. The van der Waals surface area contributed by atoms with Crippen LogP contribution in [0.1, 0.15) is 10.4 Å². The topological polar surface area (TPSA) is 132 Å². The SMILES string of the molecule is COC(=O)c1ccc(Nc2ncnc(Nc3cccc4cccnc34)c2[N+](=O)[O-])cc1. The smallest absolute Gasteiger partial charge is 0.353 e. The maximum absolute atomic E-state index is 11.8. The average Bonchev–Trinajstić information content (AvgIpc) is 2.79. The summed E-state index contributed by atoms with van der Waals surface area (Å²) in [5.74, 6) is -0.455. The molecule has 0 aliphatic rings. The summed E-state index contributed by atoms with van der Waals surface area (Å²) in [5.41, 5.74) is 1.77. The number of benzene rings is 2. The van der Waals surface area contributed by atoms with E-state index in [0.29, 0.717) is 22.5 Å². The number of anilines is 4. The minimum atomic E-state index is -0.563. The van der Waals surface area contributed by atoms with Gasteiger partial charge < -0.3 is 15.4 Å². The molecule has 0 aliphatic heterocycles. The molecule has 0 saturated heterocycles. The zero-order valence-corrected chi connectivity index (χ0v) is 16.3. The van der Waals surface area contributed by atoms with Gasteiger partial charge in [0.2, 0.25) is 11.6 Å². The molecule has 4 rings (SSSR count). The van der Waals surface area contributed by atoms with Crippen LogP contribution in [0.15, 0.2) is 67.1 Å². The first-order valence-electron chi connectivity index (χ1n) is 9.12. The van der Waals surface area contributed by atoms with Crippen LogP contribution in [0.4, 0.5) is 28.7 Å². The van der Waals surface area contributed by atoms with E-state index in [-0.39, 0.29) is 17.3 Å². The number of hydrogen-bond donors (Lipinski definition) is 2. The van der Waals surface area contributed by atoms with Crippen LogP contribution in [0.25, 0.3) is 10.9 Å². The molecule has 0 saturated carbocycles. The first-order valence-corrected chi connectivity index (χ1v) is 9.12. The number of methoxy groups -OCH3 is 1. The Kier molecular flexibility index (Phi) is 5.35. The lowest BCUT2D eigenvalue weighted by atomic mass is 10.2. The Balaban J connectivity index is 1.68. The predicted octanol–water partition coefficient (Wildman–Crippen LogP) is 4.21. The molecule has 154 valence electrons. The molecule has 2 aromatic carbocycles. The summed E-state index contributed by atoms with van der Waals surface area (Å²) < 4.78 is 4.67. The number of hydrogen-bond acceptors (Lipinski definition) is 9. The molecule has 0 amide bonds. The van der Waals surface area contributed by atoms with Crippen molar-refractivity contribution in [3.8, 4) is 0 Å². The zero-order valence-electron chi connectivity index (χ0n) is 16.3. The Morgan fingerprint density at radius 1 is 0.968 bits per heavy atom. The van der Waals surface area contributed by atoms with Gasteiger partial charge in [0.15, 0.2) is 0 Å². The maximum Gasteiger partial charge on any atom is 0.353 e. The lowest BCUT2D eigenvalue weighted by Gasteiger charge is -2.11. The fraction of sp³-hybridized carbons (Fsp3) is 0.0476. The molecule has 0 radical (unpaired) electrons. The minimum absolute atomic E-state index is 0.00140. The molecule has 2 heterocycles. The van der Waals surface area contributed by atoms with Gasteiger partial charge in [0.25, 0.3) is 0 Å². The second-order valence-corrected chi connectivity index (χ2v) is 6.38. The summed E-state index contributed by atoms with van der Waals surface area (Å²) in [6, 6.07) is 15.5. The Hall–Kier alpha value is -4.60. The maximum atomic E-state index is 11.8. The first-order chi connectivity index (χ1) is 15.1. The van der Waals surface area contributed by atoms with Gasteiger partial charge in [0.05, 0.1) is 28.8 Å². The molecule has 0 atom stereocenters. The fourth-order valence-corrected chi connectivity index (χ4v) is 3.01. The fourth-order valence-electron chi connectivity index (χ4n) is 3.01. The number of nitrogens with one attached hydrogen (secondary N) is 2. The standard InChI is InChI=1S/C21H16N6O4/c1-31-21(28)14-7-9-15(10-8-14)25-19-18(27(29)30)20(24-12-23-19)26-16-6-2-4-13-5-3-11-22-17(13)16/h2-12H,1H3,(H2,23,24,25,26). The van der Waals surface area contributed by atoms with E-state index < -0.39 is 10.9 Å². The first kappa shape index (κ1) is 19.7. The molecular formula is C21H16N6O4. The van der Waals surface area contributed by atoms with Crippen LogP contribution >= 0.6 is 0 Å². The predicted molar refractivity (Wildman–Crippen MR) is 115 cm³/mol. The zero-order chi connectivity index (χ0) is 21.8. The van der Waals surface area contributed by atoms with Crippen molar-refractivity contribution in [2.24, 2.45) is 0 Å². The quantitative estimate of drug-likeness (QED) is 0.269. The van der Waals surface area contributed by atoms with E-state index in [4.69, 9.17) is 0 Å². The summed E-state index contributed by atoms with van der Waals surface area (Å²) in [4.78, 5) is 35.3. The van der Waals surface area contributed by atoms with Crippen LogP contribution in [0, 0.1) is 10.1 Å². The van der Waals surface area contributed by atoms with Crippen molar-refractivity contribution < 1.29 is 14.5 Å². The van der Waals surface area contributed by atoms with E-state index in [1.807, 2.05) is 24.3 Å². The number of carbonyl (C=O) groups excluding carboxylic acids is 1. The van der Waals surface area contributed by atoms with Crippen molar-refractivity contribution in [2.75, 3.05) is 17.7 Å². The second kappa shape index (κ2) is 8.41. The molecule has 2 N–H and O–H groups in total.